The maximum atomic E-state index is 11.5. The van der Waals surface area contributed by atoms with Gasteiger partial charge in [0.05, 0.1) is 0 Å². The molecule has 0 saturated carbocycles. The number of nitrogens with zero attached hydrogens (tertiary/aromatic N) is 3. The Morgan fingerprint density at radius 3 is 2.32 bits per heavy atom. The molecule has 0 aliphatic carbocycles. The topological polar surface area (TPSA) is 87.2 Å². The van der Waals surface area contributed by atoms with Crippen LogP contribution in [0.15, 0.2) is 31.4 Å². The average molecular weight is 301 g/mol. The van der Waals surface area contributed by atoms with E-state index in [2.05, 4.69) is 38.7 Å². The van der Waals surface area contributed by atoms with Crippen molar-refractivity contribution in [2.24, 2.45) is 0 Å². The van der Waals surface area contributed by atoms with Gasteiger partial charge in [0, 0.05) is 19.2 Å². The number of piperidine rings is 1. The molecule has 2 N–H and O–H groups in total. The highest BCUT2D eigenvalue weighted by atomic mass is 16.2. The Hall–Kier alpha value is -2.70. The average Bonchev–Trinajstić information content (AvgIpc) is 2.55. The van der Waals surface area contributed by atoms with E-state index < -0.39 is 5.91 Å². The minimum atomic E-state index is -0.406. The van der Waals surface area contributed by atoms with E-state index in [0.29, 0.717) is 11.6 Å². The Morgan fingerprint density at radius 2 is 1.68 bits per heavy atom. The van der Waals surface area contributed by atoms with E-state index in [9.17, 15) is 9.59 Å². The molecule has 2 rings (SSSR count). The Balaban J connectivity index is 2.29. The van der Waals surface area contributed by atoms with Crippen LogP contribution in [0.5, 0.6) is 0 Å². The summed E-state index contributed by atoms with van der Waals surface area (Å²) in [6.07, 6.45) is 5.67. The van der Waals surface area contributed by atoms with Crippen molar-refractivity contribution < 1.29 is 9.59 Å². The number of carbonyl (C=O) groups is 2. The number of hydrogen-bond donors (Lipinski definition) is 2. The number of rotatable bonds is 5. The maximum absolute atomic E-state index is 11.5. The van der Waals surface area contributed by atoms with E-state index in [1.807, 2.05) is 0 Å². The highest BCUT2D eigenvalue weighted by Crippen LogP contribution is 2.22. The summed E-state index contributed by atoms with van der Waals surface area (Å²) in [6, 6.07) is 1.69. The summed E-state index contributed by atoms with van der Waals surface area (Å²) in [7, 11) is 0. The first-order valence-electron chi connectivity index (χ1n) is 7.13. The van der Waals surface area contributed by atoms with E-state index in [0.717, 1.165) is 38.1 Å². The fourth-order valence-corrected chi connectivity index (χ4v) is 2.18. The van der Waals surface area contributed by atoms with Crippen LogP contribution in [-0.2, 0) is 9.59 Å². The van der Waals surface area contributed by atoms with Crippen LogP contribution in [-0.4, -0.2) is 34.9 Å². The predicted molar refractivity (Wildman–Crippen MR) is 85.7 cm³/mol. The van der Waals surface area contributed by atoms with E-state index in [-0.39, 0.29) is 11.9 Å². The van der Waals surface area contributed by atoms with E-state index in [4.69, 9.17) is 0 Å². The Morgan fingerprint density at radius 1 is 1.05 bits per heavy atom. The quantitative estimate of drug-likeness (QED) is 0.809. The molecule has 7 nitrogen and oxygen atoms in total. The van der Waals surface area contributed by atoms with Crippen LogP contribution in [0.4, 0.5) is 17.6 Å². The summed E-state index contributed by atoms with van der Waals surface area (Å²) in [5.41, 5.74) is 0. The normalized spacial score (nSPS) is 14.1. The summed E-state index contributed by atoms with van der Waals surface area (Å²) >= 11 is 0. The number of hydrogen-bond acceptors (Lipinski definition) is 5. The predicted octanol–water partition coefficient (Wildman–Crippen LogP) is 1.72. The van der Waals surface area contributed by atoms with E-state index in [1.165, 1.54) is 6.42 Å². The third-order valence-corrected chi connectivity index (χ3v) is 3.25. The van der Waals surface area contributed by atoms with Crippen LogP contribution < -0.4 is 15.5 Å². The summed E-state index contributed by atoms with van der Waals surface area (Å²) < 4.78 is 0. The van der Waals surface area contributed by atoms with Gasteiger partial charge in [-0.15, -0.1) is 0 Å². The van der Waals surface area contributed by atoms with Gasteiger partial charge >= 0.3 is 0 Å². The van der Waals surface area contributed by atoms with Gasteiger partial charge in [-0.05, 0) is 31.4 Å². The molecule has 0 unspecified atom stereocenters. The lowest BCUT2D eigenvalue weighted by Crippen LogP contribution is -2.30. The Labute approximate surface area is 129 Å². The van der Waals surface area contributed by atoms with Crippen LogP contribution in [0.2, 0.25) is 0 Å². The van der Waals surface area contributed by atoms with Gasteiger partial charge < -0.3 is 10.2 Å². The van der Waals surface area contributed by atoms with Crippen LogP contribution >= 0.6 is 0 Å². The summed E-state index contributed by atoms with van der Waals surface area (Å²) in [5, 5.41) is 5.11. The summed E-state index contributed by atoms with van der Waals surface area (Å²) in [4.78, 5) is 33.4. The van der Waals surface area contributed by atoms with Crippen molar-refractivity contribution in [2.75, 3.05) is 28.6 Å². The number of amides is 2. The van der Waals surface area contributed by atoms with Gasteiger partial charge in [0.2, 0.25) is 17.8 Å². The second-order valence-electron chi connectivity index (χ2n) is 4.87. The van der Waals surface area contributed by atoms with E-state index in [1.54, 1.807) is 6.07 Å². The van der Waals surface area contributed by atoms with Crippen molar-refractivity contribution in [3.05, 3.63) is 31.4 Å². The standard InChI is InChI=1S/C15H19N5O2/c1-3-13(21)16-11-10-12(20-8-6-5-7-9-20)18-15(17-11)19-14(22)4-2/h3-4,10H,1-2,5-9H2,(H2,16,17,18,19,21,22). The molecule has 22 heavy (non-hydrogen) atoms. The Bertz CT molecular complexity index is 553. The van der Waals surface area contributed by atoms with Crippen LogP contribution in [0, 0.1) is 0 Å². The minimum absolute atomic E-state index is 0.132. The SMILES string of the molecule is C=CC(=O)Nc1cc(N2CCCCC2)nc(NC(=O)C=C)n1. The lowest BCUT2D eigenvalue weighted by atomic mass is 10.1. The van der Waals surface area contributed by atoms with Crippen LogP contribution in [0.1, 0.15) is 19.3 Å². The number of aromatic nitrogens is 2. The van der Waals surface area contributed by atoms with Gasteiger partial charge in [0.15, 0.2) is 0 Å². The van der Waals surface area contributed by atoms with Gasteiger partial charge in [0.1, 0.15) is 11.6 Å². The molecular formula is C15H19N5O2. The summed E-state index contributed by atoms with van der Waals surface area (Å²) in [5.74, 6) is 0.349. The molecule has 0 atom stereocenters. The van der Waals surface area contributed by atoms with Gasteiger partial charge in [-0.3, -0.25) is 14.9 Å². The van der Waals surface area contributed by atoms with Crippen molar-refractivity contribution >= 4 is 29.4 Å². The molecule has 116 valence electrons. The fraction of sp³-hybridized carbons (Fsp3) is 0.333. The lowest BCUT2D eigenvalue weighted by molar-refractivity contribution is -0.112. The maximum Gasteiger partial charge on any atom is 0.250 e. The Kier molecular flexibility index (Phi) is 5.24. The second kappa shape index (κ2) is 7.35. The number of nitrogens with one attached hydrogen (secondary N) is 2. The fourth-order valence-electron chi connectivity index (χ4n) is 2.18. The highest BCUT2D eigenvalue weighted by Gasteiger charge is 2.15. The molecule has 1 saturated heterocycles. The molecule has 7 heteroatoms. The molecule has 0 spiro atoms. The molecule has 1 aromatic heterocycles. The lowest BCUT2D eigenvalue weighted by Gasteiger charge is -2.28. The van der Waals surface area contributed by atoms with Crippen molar-refractivity contribution in [2.45, 2.75) is 19.3 Å². The molecule has 1 aliphatic rings. The molecule has 1 aliphatic heterocycles. The molecule has 0 radical (unpaired) electrons. The zero-order valence-electron chi connectivity index (χ0n) is 12.3. The first-order chi connectivity index (χ1) is 10.6. The van der Waals surface area contributed by atoms with Gasteiger partial charge in [-0.25, -0.2) is 0 Å². The smallest absolute Gasteiger partial charge is 0.250 e. The number of carbonyl (C=O) groups excluding carboxylic acids is 2. The molecular weight excluding hydrogens is 282 g/mol. The van der Waals surface area contributed by atoms with Crippen molar-refractivity contribution in [3.8, 4) is 0 Å². The zero-order valence-corrected chi connectivity index (χ0v) is 12.3. The van der Waals surface area contributed by atoms with Gasteiger partial charge in [-0.2, -0.15) is 9.97 Å². The van der Waals surface area contributed by atoms with Crippen molar-refractivity contribution in [1.29, 1.82) is 0 Å². The van der Waals surface area contributed by atoms with Crippen LogP contribution in [0.3, 0.4) is 0 Å². The monoisotopic (exact) mass is 301 g/mol. The molecule has 2 amide bonds. The molecule has 0 aromatic carbocycles. The van der Waals surface area contributed by atoms with Crippen molar-refractivity contribution in [3.63, 3.8) is 0 Å². The third kappa shape index (κ3) is 4.15. The van der Waals surface area contributed by atoms with Crippen molar-refractivity contribution in [1.82, 2.24) is 9.97 Å². The van der Waals surface area contributed by atoms with Gasteiger partial charge in [-0.1, -0.05) is 13.2 Å². The van der Waals surface area contributed by atoms with Crippen LogP contribution in [0.25, 0.3) is 0 Å². The molecule has 2 heterocycles. The van der Waals surface area contributed by atoms with E-state index >= 15 is 0 Å². The van der Waals surface area contributed by atoms with Gasteiger partial charge in [0.25, 0.3) is 0 Å². The first-order valence-corrected chi connectivity index (χ1v) is 7.13. The largest absolute Gasteiger partial charge is 0.356 e. The minimum Gasteiger partial charge on any atom is -0.356 e. The second-order valence-corrected chi connectivity index (χ2v) is 4.87. The molecule has 0 bridgehead atoms. The highest BCUT2D eigenvalue weighted by molar-refractivity contribution is 5.99. The third-order valence-electron chi connectivity index (χ3n) is 3.25. The summed E-state index contributed by atoms with van der Waals surface area (Å²) in [6.45, 7) is 8.58. The number of anilines is 3. The zero-order chi connectivity index (χ0) is 15.9. The molecule has 1 aromatic rings. The first kappa shape index (κ1) is 15.7. The molecule has 1 fully saturated rings.